The van der Waals surface area contributed by atoms with Gasteiger partial charge in [-0.15, -0.1) is 0 Å². The van der Waals surface area contributed by atoms with Gasteiger partial charge in [0.2, 0.25) is 10.0 Å². The Bertz CT molecular complexity index is 568. The summed E-state index contributed by atoms with van der Waals surface area (Å²) in [5, 5.41) is 0. The molecule has 19 heavy (non-hydrogen) atoms. The maximum atomic E-state index is 12.8. The third kappa shape index (κ3) is 3.39. The van der Waals surface area contributed by atoms with Gasteiger partial charge in [-0.25, -0.2) is 12.8 Å². The van der Waals surface area contributed by atoms with Crippen molar-refractivity contribution in [3.8, 4) is 0 Å². The Kier molecular flexibility index (Phi) is 4.01. The second-order valence-electron chi connectivity index (χ2n) is 4.80. The van der Waals surface area contributed by atoms with E-state index in [9.17, 15) is 17.6 Å². The minimum Gasteiger partial charge on any atom is -0.294 e. The van der Waals surface area contributed by atoms with Crippen LogP contribution in [0.5, 0.6) is 0 Å². The maximum Gasteiger partial charge on any atom is 0.211 e. The number of carbonyl (C=O) groups excluding carboxylic acids is 1. The Balaban J connectivity index is 2.08. The molecule has 4 nitrogen and oxygen atoms in total. The Morgan fingerprint density at radius 3 is 2.58 bits per heavy atom. The normalized spacial score (nSPS) is 20.6. The van der Waals surface area contributed by atoms with Gasteiger partial charge in [0.05, 0.1) is 6.26 Å². The van der Waals surface area contributed by atoms with E-state index in [4.69, 9.17) is 0 Å². The van der Waals surface area contributed by atoms with Gasteiger partial charge in [-0.2, -0.15) is 4.31 Å². The van der Waals surface area contributed by atoms with Crippen LogP contribution >= 0.6 is 0 Å². The number of Topliss-reactive ketones (excluding diaryl/α,β-unsaturated/α-hetero) is 1. The standard InChI is InChI=1S/C13H16FNO3S/c1-19(17,18)15-8-2-3-12(15)9-13(16)10-4-6-11(14)7-5-10/h4-7,12H,2-3,8-9H2,1H3/t12-/m0/s1. The number of rotatable bonds is 4. The van der Waals surface area contributed by atoms with Gasteiger partial charge in [0.15, 0.2) is 5.78 Å². The van der Waals surface area contributed by atoms with Gasteiger partial charge >= 0.3 is 0 Å². The van der Waals surface area contributed by atoms with Crippen LogP contribution in [0, 0.1) is 5.82 Å². The second-order valence-corrected chi connectivity index (χ2v) is 6.74. The molecule has 1 aromatic rings. The first kappa shape index (κ1) is 14.1. The molecule has 0 radical (unpaired) electrons. The monoisotopic (exact) mass is 285 g/mol. The number of sulfonamides is 1. The molecule has 1 atom stereocenters. The van der Waals surface area contributed by atoms with E-state index in [0.717, 1.165) is 12.7 Å². The molecule has 0 bridgehead atoms. The lowest BCUT2D eigenvalue weighted by atomic mass is 10.0. The number of halogens is 1. The van der Waals surface area contributed by atoms with E-state index in [-0.39, 0.29) is 18.2 Å². The highest BCUT2D eigenvalue weighted by atomic mass is 32.2. The quantitative estimate of drug-likeness (QED) is 0.793. The molecule has 6 heteroatoms. The summed E-state index contributed by atoms with van der Waals surface area (Å²) in [4.78, 5) is 12.0. The molecule has 1 fully saturated rings. The van der Waals surface area contributed by atoms with Crippen molar-refractivity contribution in [3.05, 3.63) is 35.6 Å². The minimum absolute atomic E-state index is 0.151. The van der Waals surface area contributed by atoms with E-state index in [2.05, 4.69) is 0 Å². The number of carbonyl (C=O) groups is 1. The lowest BCUT2D eigenvalue weighted by Gasteiger charge is -2.21. The lowest BCUT2D eigenvalue weighted by molar-refractivity contribution is 0.0961. The molecule has 2 rings (SSSR count). The number of benzene rings is 1. The van der Waals surface area contributed by atoms with Crippen molar-refractivity contribution in [3.63, 3.8) is 0 Å². The Hall–Kier alpha value is -1.27. The van der Waals surface area contributed by atoms with E-state index >= 15 is 0 Å². The first-order chi connectivity index (χ1) is 8.88. The zero-order valence-electron chi connectivity index (χ0n) is 10.7. The molecule has 0 N–H and O–H groups in total. The smallest absolute Gasteiger partial charge is 0.211 e. The molecule has 0 amide bonds. The van der Waals surface area contributed by atoms with Crippen LogP contribution < -0.4 is 0 Å². The van der Waals surface area contributed by atoms with Crippen LogP contribution in [0.25, 0.3) is 0 Å². The first-order valence-corrected chi connectivity index (χ1v) is 7.98. The van der Waals surface area contributed by atoms with Crippen LogP contribution in [0.4, 0.5) is 4.39 Å². The fourth-order valence-electron chi connectivity index (χ4n) is 2.42. The summed E-state index contributed by atoms with van der Waals surface area (Å²) in [6.45, 7) is 0.472. The van der Waals surface area contributed by atoms with Crippen molar-refractivity contribution in [2.24, 2.45) is 0 Å². The highest BCUT2D eigenvalue weighted by Gasteiger charge is 2.32. The third-order valence-corrected chi connectivity index (χ3v) is 4.67. The van der Waals surface area contributed by atoms with Crippen LogP contribution in [0.2, 0.25) is 0 Å². The van der Waals surface area contributed by atoms with Gasteiger partial charge in [0.25, 0.3) is 0 Å². The molecular weight excluding hydrogens is 269 g/mol. The number of ketones is 1. The average molecular weight is 285 g/mol. The van der Waals surface area contributed by atoms with Crippen LogP contribution in [0.15, 0.2) is 24.3 Å². The summed E-state index contributed by atoms with van der Waals surface area (Å²) in [6.07, 6.45) is 2.78. The average Bonchev–Trinajstić information content (AvgIpc) is 2.77. The molecule has 1 aliphatic rings. The molecule has 104 valence electrons. The highest BCUT2D eigenvalue weighted by molar-refractivity contribution is 7.88. The SMILES string of the molecule is CS(=O)(=O)N1CCC[C@H]1CC(=O)c1ccc(F)cc1. The van der Waals surface area contributed by atoms with Gasteiger partial charge in [-0.1, -0.05) is 0 Å². The first-order valence-electron chi connectivity index (χ1n) is 6.13. The van der Waals surface area contributed by atoms with Crippen LogP contribution in [0.3, 0.4) is 0 Å². The van der Waals surface area contributed by atoms with Gasteiger partial charge in [-0.3, -0.25) is 4.79 Å². The summed E-state index contributed by atoms with van der Waals surface area (Å²) in [5.41, 5.74) is 0.418. The molecular formula is C13H16FNO3S. The fraction of sp³-hybridized carbons (Fsp3) is 0.462. The molecule has 0 spiro atoms. The summed E-state index contributed by atoms with van der Waals surface area (Å²) in [6, 6.07) is 5.05. The Labute approximate surface area is 112 Å². The van der Waals surface area contributed by atoms with E-state index in [1.807, 2.05) is 0 Å². The summed E-state index contributed by atoms with van der Waals surface area (Å²) >= 11 is 0. The summed E-state index contributed by atoms with van der Waals surface area (Å²) in [7, 11) is -3.27. The summed E-state index contributed by atoms with van der Waals surface area (Å²) in [5.74, 6) is -0.546. The zero-order valence-corrected chi connectivity index (χ0v) is 11.5. The molecule has 0 aromatic heterocycles. The molecule has 0 unspecified atom stereocenters. The lowest BCUT2D eigenvalue weighted by Crippen LogP contribution is -2.36. The van der Waals surface area contributed by atoms with Gasteiger partial charge in [0, 0.05) is 24.6 Å². The molecule has 1 heterocycles. The Morgan fingerprint density at radius 1 is 1.37 bits per heavy atom. The molecule has 1 saturated heterocycles. The van der Waals surface area contributed by atoms with E-state index in [0.29, 0.717) is 18.5 Å². The maximum absolute atomic E-state index is 12.8. The predicted molar refractivity (Wildman–Crippen MR) is 69.9 cm³/mol. The summed E-state index contributed by atoms with van der Waals surface area (Å²) < 4.78 is 37.3. The predicted octanol–water partition coefficient (Wildman–Crippen LogP) is 1.82. The molecule has 0 saturated carbocycles. The van der Waals surface area contributed by atoms with Gasteiger partial charge in [0.1, 0.15) is 5.82 Å². The molecule has 0 aliphatic carbocycles. The number of hydrogen-bond acceptors (Lipinski definition) is 3. The van der Waals surface area contributed by atoms with Crippen molar-refractivity contribution in [1.82, 2.24) is 4.31 Å². The van der Waals surface area contributed by atoms with E-state index in [1.165, 1.54) is 28.6 Å². The van der Waals surface area contributed by atoms with Crippen LogP contribution in [-0.4, -0.2) is 37.3 Å². The van der Waals surface area contributed by atoms with Crippen LogP contribution in [0.1, 0.15) is 29.6 Å². The van der Waals surface area contributed by atoms with E-state index in [1.54, 1.807) is 0 Å². The van der Waals surface area contributed by atoms with Gasteiger partial charge < -0.3 is 0 Å². The molecule has 1 aliphatic heterocycles. The van der Waals surface area contributed by atoms with Crippen molar-refractivity contribution in [2.75, 3.05) is 12.8 Å². The van der Waals surface area contributed by atoms with E-state index < -0.39 is 15.8 Å². The minimum atomic E-state index is -3.27. The highest BCUT2D eigenvalue weighted by Crippen LogP contribution is 2.24. The molecule has 1 aromatic carbocycles. The van der Waals surface area contributed by atoms with Crippen molar-refractivity contribution in [1.29, 1.82) is 0 Å². The number of nitrogens with zero attached hydrogens (tertiary/aromatic N) is 1. The fourth-order valence-corrected chi connectivity index (χ4v) is 3.60. The van der Waals surface area contributed by atoms with Gasteiger partial charge in [-0.05, 0) is 37.1 Å². The zero-order chi connectivity index (χ0) is 14.0. The third-order valence-electron chi connectivity index (χ3n) is 3.34. The van der Waals surface area contributed by atoms with Crippen LogP contribution in [-0.2, 0) is 10.0 Å². The van der Waals surface area contributed by atoms with Crippen molar-refractivity contribution < 1.29 is 17.6 Å². The van der Waals surface area contributed by atoms with Crippen molar-refractivity contribution in [2.45, 2.75) is 25.3 Å². The second kappa shape index (κ2) is 5.38. The number of hydrogen-bond donors (Lipinski definition) is 0. The largest absolute Gasteiger partial charge is 0.294 e. The van der Waals surface area contributed by atoms with Crippen molar-refractivity contribution >= 4 is 15.8 Å². The topological polar surface area (TPSA) is 54.5 Å². The Morgan fingerprint density at radius 2 is 2.00 bits per heavy atom.